The highest BCUT2D eigenvalue weighted by molar-refractivity contribution is 5.90. The largest absolute Gasteiger partial charge is 0.301 e. The molecule has 6 nitrogen and oxygen atoms in total. The highest BCUT2D eigenvalue weighted by Crippen LogP contribution is 2.27. The lowest BCUT2D eigenvalue weighted by atomic mass is 10.2. The van der Waals surface area contributed by atoms with Gasteiger partial charge in [0.05, 0.1) is 33.1 Å². The molecule has 0 aliphatic carbocycles. The third-order valence-corrected chi connectivity index (χ3v) is 6.08. The Morgan fingerprint density at radius 3 is 1.85 bits per heavy atom. The first-order valence-corrected chi connectivity index (χ1v) is 10.8. The van der Waals surface area contributed by atoms with Crippen molar-refractivity contribution < 1.29 is 0 Å². The highest BCUT2D eigenvalue weighted by Gasteiger charge is 2.21. The molecule has 0 radical (unpaired) electrons. The van der Waals surface area contributed by atoms with Crippen molar-refractivity contribution in [3.63, 3.8) is 0 Å². The van der Waals surface area contributed by atoms with Gasteiger partial charge in [-0.1, -0.05) is 54.6 Å². The Hall–Kier alpha value is -4.71. The van der Waals surface area contributed by atoms with Crippen molar-refractivity contribution >= 4 is 38.7 Å². The van der Waals surface area contributed by atoms with Crippen molar-refractivity contribution in [1.82, 2.24) is 23.5 Å². The van der Waals surface area contributed by atoms with Crippen molar-refractivity contribution in [1.29, 1.82) is 0 Å². The van der Waals surface area contributed by atoms with E-state index in [9.17, 15) is 4.79 Å². The molecular weight excluding hydrogens is 410 g/mol. The van der Waals surface area contributed by atoms with Crippen LogP contribution in [0.15, 0.2) is 108 Å². The van der Waals surface area contributed by atoms with E-state index in [1.54, 1.807) is 4.57 Å². The third kappa shape index (κ3) is 2.46. The third-order valence-electron chi connectivity index (χ3n) is 6.08. The summed E-state index contributed by atoms with van der Waals surface area (Å²) in [6, 6.07) is 33.6. The molecule has 0 saturated heterocycles. The molecule has 7 rings (SSSR count). The van der Waals surface area contributed by atoms with Gasteiger partial charge >= 0.3 is 5.56 Å². The zero-order chi connectivity index (χ0) is 21.9. The molecule has 7 aromatic rings. The molecule has 4 aromatic carbocycles. The molecule has 33 heavy (non-hydrogen) atoms. The van der Waals surface area contributed by atoms with Gasteiger partial charge in [0.1, 0.15) is 0 Å². The number of hydrogen-bond acceptors (Lipinski definition) is 3. The van der Waals surface area contributed by atoms with Crippen LogP contribution < -0.4 is 5.56 Å². The van der Waals surface area contributed by atoms with Gasteiger partial charge in [0.15, 0.2) is 0 Å². The maximum atomic E-state index is 14.0. The van der Waals surface area contributed by atoms with Crippen LogP contribution in [0.5, 0.6) is 0 Å². The van der Waals surface area contributed by atoms with Crippen LogP contribution in [0, 0.1) is 0 Å². The lowest BCUT2D eigenvalue weighted by Crippen LogP contribution is -2.24. The molecule has 156 valence electrons. The summed E-state index contributed by atoms with van der Waals surface area (Å²) in [6.45, 7) is 0. The number of para-hydroxylation sites is 7. The van der Waals surface area contributed by atoms with Crippen molar-refractivity contribution in [2.24, 2.45) is 0 Å². The van der Waals surface area contributed by atoms with Gasteiger partial charge in [0.25, 0.3) is 0 Å². The van der Waals surface area contributed by atoms with Crippen LogP contribution in [0.3, 0.4) is 0 Å². The summed E-state index contributed by atoms with van der Waals surface area (Å²) in [6.07, 6.45) is 0. The summed E-state index contributed by atoms with van der Waals surface area (Å²) in [7, 11) is 0. The van der Waals surface area contributed by atoms with Gasteiger partial charge in [-0.2, -0.15) is 0 Å². The minimum absolute atomic E-state index is 0.211. The molecule has 0 unspecified atom stereocenters. The molecule has 0 aliphatic heterocycles. The van der Waals surface area contributed by atoms with Crippen molar-refractivity contribution in [2.45, 2.75) is 0 Å². The van der Waals surface area contributed by atoms with Gasteiger partial charge in [-0.25, -0.2) is 14.5 Å². The summed E-state index contributed by atoms with van der Waals surface area (Å²) in [4.78, 5) is 23.6. The van der Waals surface area contributed by atoms with Gasteiger partial charge in [-0.3, -0.25) is 13.8 Å². The minimum atomic E-state index is -0.211. The maximum Gasteiger partial charge on any atom is 0.301 e. The fourth-order valence-corrected chi connectivity index (χ4v) is 4.66. The molecule has 0 atom stereocenters. The fourth-order valence-electron chi connectivity index (χ4n) is 4.66. The topological polar surface area (TPSA) is 57.1 Å². The molecule has 3 heterocycles. The molecule has 0 fully saturated rings. The standard InChI is InChI=1S/C27H17N5O/c33-26-25-28-19-12-4-7-15-22(19)31(25)23-16-8-9-17-24(23)32(26)27-29-20-13-5-6-14-21(20)30(27)18-10-2-1-3-11-18/h1-17H. The SMILES string of the molecule is O=c1c2nc3ccccc3n2c2ccccc2n1-c1nc2ccccc2n1-c1ccccc1. The first kappa shape index (κ1) is 17.9. The van der Waals surface area contributed by atoms with E-state index in [1.807, 2.05) is 112 Å². The van der Waals surface area contributed by atoms with Crippen LogP contribution in [0.25, 0.3) is 50.4 Å². The summed E-state index contributed by atoms with van der Waals surface area (Å²) in [5, 5.41) is 0. The Labute approximate surface area is 187 Å². The summed E-state index contributed by atoms with van der Waals surface area (Å²) < 4.78 is 5.66. The van der Waals surface area contributed by atoms with Crippen LogP contribution in [-0.4, -0.2) is 23.5 Å². The molecule has 0 bridgehead atoms. The second-order valence-electron chi connectivity index (χ2n) is 7.96. The van der Waals surface area contributed by atoms with Crippen LogP contribution in [0.1, 0.15) is 0 Å². The molecule has 6 heteroatoms. The lowest BCUT2D eigenvalue weighted by Gasteiger charge is -2.14. The van der Waals surface area contributed by atoms with Crippen LogP contribution in [0.4, 0.5) is 0 Å². The predicted octanol–water partition coefficient (Wildman–Crippen LogP) is 5.13. The Balaban J connectivity index is 1.71. The quantitative estimate of drug-likeness (QED) is 0.384. The number of fused-ring (bicyclic) bond motifs is 6. The van der Waals surface area contributed by atoms with E-state index in [0.717, 1.165) is 38.8 Å². The summed E-state index contributed by atoms with van der Waals surface area (Å²) >= 11 is 0. The van der Waals surface area contributed by atoms with Crippen molar-refractivity contribution in [3.05, 3.63) is 113 Å². The fraction of sp³-hybridized carbons (Fsp3) is 0. The van der Waals surface area contributed by atoms with Crippen LogP contribution >= 0.6 is 0 Å². The maximum absolute atomic E-state index is 14.0. The van der Waals surface area contributed by atoms with Crippen LogP contribution in [-0.2, 0) is 0 Å². The Morgan fingerprint density at radius 1 is 0.515 bits per heavy atom. The Bertz CT molecular complexity index is 1890. The van der Waals surface area contributed by atoms with Gasteiger partial charge in [-0.15, -0.1) is 0 Å². The van der Waals surface area contributed by atoms with Gasteiger partial charge in [0, 0.05) is 5.69 Å². The number of nitrogens with zero attached hydrogens (tertiary/aromatic N) is 5. The first-order valence-electron chi connectivity index (χ1n) is 10.8. The smallest absolute Gasteiger partial charge is 0.286 e. The summed E-state index contributed by atoms with van der Waals surface area (Å²) in [5.41, 5.74) is 6.21. The van der Waals surface area contributed by atoms with E-state index in [4.69, 9.17) is 9.97 Å². The molecule has 0 N–H and O–H groups in total. The first-order chi connectivity index (χ1) is 16.3. The second-order valence-corrected chi connectivity index (χ2v) is 7.96. The number of imidazole rings is 2. The number of aromatic nitrogens is 5. The Kier molecular flexibility index (Phi) is 3.61. The van der Waals surface area contributed by atoms with Crippen molar-refractivity contribution in [2.75, 3.05) is 0 Å². The molecule has 0 saturated carbocycles. The minimum Gasteiger partial charge on any atom is -0.286 e. The van der Waals surface area contributed by atoms with E-state index in [2.05, 4.69) is 0 Å². The van der Waals surface area contributed by atoms with E-state index in [0.29, 0.717) is 11.6 Å². The van der Waals surface area contributed by atoms with E-state index in [-0.39, 0.29) is 5.56 Å². The summed E-state index contributed by atoms with van der Waals surface area (Å²) in [5.74, 6) is 0.540. The molecule has 0 amide bonds. The normalized spacial score (nSPS) is 11.8. The lowest BCUT2D eigenvalue weighted by molar-refractivity contribution is 0.892. The molecule has 3 aromatic heterocycles. The van der Waals surface area contributed by atoms with Crippen LogP contribution in [0.2, 0.25) is 0 Å². The average Bonchev–Trinajstić information content (AvgIpc) is 3.44. The highest BCUT2D eigenvalue weighted by atomic mass is 16.1. The van der Waals surface area contributed by atoms with E-state index < -0.39 is 0 Å². The molecule has 0 spiro atoms. The van der Waals surface area contributed by atoms with E-state index in [1.165, 1.54) is 0 Å². The second kappa shape index (κ2) is 6.64. The molecule has 0 aliphatic rings. The Morgan fingerprint density at radius 2 is 1.09 bits per heavy atom. The van der Waals surface area contributed by atoms with E-state index >= 15 is 0 Å². The van der Waals surface area contributed by atoms with Gasteiger partial charge in [0.2, 0.25) is 11.6 Å². The van der Waals surface area contributed by atoms with Gasteiger partial charge < -0.3 is 0 Å². The zero-order valence-electron chi connectivity index (χ0n) is 17.5. The average molecular weight is 427 g/mol. The number of benzene rings is 4. The predicted molar refractivity (Wildman–Crippen MR) is 130 cm³/mol. The van der Waals surface area contributed by atoms with Gasteiger partial charge in [-0.05, 0) is 48.5 Å². The monoisotopic (exact) mass is 427 g/mol. The molecular formula is C27H17N5O. The number of rotatable bonds is 2. The zero-order valence-corrected chi connectivity index (χ0v) is 17.5. The van der Waals surface area contributed by atoms with Crippen molar-refractivity contribution in [3.8, 4) is 11.6 Å². The number of hydrogen-bond donors (Lipinski definition) is 0.